The lowest BCUT2D eigenvalue weighted by atomic mass is 9.87. The predicted octanol–water partition coefficient (Wildman–Crippen LogP) is 2.70. The number of ether oxygens (including phenoxy) is 1. The lowest BCUT2D eigenvalue weighted by Crippen LogP contribution is -2.24. The molecule has 0 aliphatic heterocycles. The van der Waals surface area contributed by atoms with E-state index in [9.17, 15) is 9.90 Å². The molecule has 124 valence electrons. The van der Waals surface area contributed by atoms with E-state index in [1.807, 2.05) is 12.3 Å². The van der Waals surface area contributed by atoms with Crippen LogP contribution in [0.2, 0.25) is 0 Å². The summed E-state index contributed by atoms with van der Waals surface area (Å²) in [6.45, 7) is 2.91. The highest BCUT2D eigenvalue weighted by atomic mass is 16.5. The SMILES string of the molecule is CCOC(=O)c1cnc2[nH]ccc2c1NCC1CCC(O)CC1. The lowest BCUT2D eigenvalue weighted by molar-refractivity contribution is 0.0527. The number of anilines is 1. The highest BCUT2D eigenvalue weighted by molar-refractivity contribution is 6.04. The number of hydrogen-bond acceptors (Lipinski definition) is 5. The number of aromatic nitrogens is 2. The number of nitrogens with one attached hydrogen (secondary N) is 2. The third kappa shape index (κ3) is 3.47. The van der Waals surface area contributed by atoms with Crippen molar-refractivity contribution in [2.45, 2.75) is 38.7 Å². The summed E-state index contributed by atoms with van der Waals surface area (Å²) in [6.07, 6.45) is 6.94. The van der Waals surface area contributed by atoms with Crippen LogP contribution in [0, 0.1) is 5.92 Å². The molecule has 2 aromatic rings. The fourth-order valence-electron chi connectivity index (χ4n) is 3.16. The number of fused-ring (bicyclic) bond motifs is 1. The third-order valence-electron chi connectivity index (χ3n) is 4.47. The average molecular weight is 317 g/mol. The summed E-state index contributed by atoms with van der Waals surface area (Å²) in [5, 5.41) is 13.9. The number of carbonyl (C=O) groups is 1. The quantitative estimate of drug-likeness (QED) is 0.738. The van der Waals surface area contributed by atoms with E-state index >= 15 is 0 Å². The van der Waals surface area contributed by atoms with Crippen molar-refractivity contribution < 1.29 is 14.6 Å². The van der Waals surface area contributed by atoms with Crippen molar-refractivity contribution in [3.05, 3.63) is 24.0 Å². The van der Waals surface area contributed by atoms with Crippen molar-refractivity contribution in [1.29, 1.82) is 0 Å². The molecule has 6 heteroatoms. The molecule has 0 radical (unpaired) electrons. The van der Waals surface area contributed by atoms with Gasteiger partial charge in [-0.3, -0.25) is 0 Å². The van der Waals surface area contributed by atoms with Gasteiger partial charge in [0.05, 0.1) is 18.4 Å². The first-order valence-electron chi connectivity index (χ1n) is 8.24. The Hall–Kier alpha value is -2.08. The van der Waals surface area contributed by atoms with Gasteiger partial charge in [0, 0.05) is 24.3 Å². The summed E-state index contributed by atoms with van der Waals surface area (Å²) in [4.78, 5) is 19.5. The standard InChI is InChI=1S/C17H23N3O3/c1-2-23-17(22)14-10-20-16-13(7-8-18-16)15(14)19-9-11-3-5-12(21)6-4-11/h7-8,10-12,21H,2-6,9H2,1H3,(H2,18,19,20). The van der Waals surface area contributed by atoms with E-state index in [4.69, 9.17) is 4.74 Å². The number of rotatable bonds is 5. The molecule has 3 rings (SSSR count). The van der Waals surface area contributed by atoms with E-state index in [1.165, 1.54) is 0 Å². The molecule has 1 aliphatic carbocycles. The van der Waals surface area contributed by atoms with Crippen molar-refractivity contribution >= 4 is 22.7 Å². The Balaban J connectivity index is 1.80. The Kier molecular flexibility index (Phi) is 4.81. The van der Waals surface area contributed by atoms with Gasteiger partial charge in [0.2, 0.25) is 0 Å². The average Bonchev–Trinajstić information content (AvgIpc) is 3.03. The normalized spacial score (nSPS) is 21.3. The first-order chi connectivity index (χ1) is 11.2. The zero-order valence-corrected chi connectivity index (χ0v) is 13.3. The van der Waals surface area contributed by atoms with E-state index < -0.39 is 0 Å². The molecule has 1 aliphatic rings. The van der Waals surface area contributed by atoms with Crippen LogP contribution in [0.1, 0.15) is 43.0 Å². The molecule has 0 bridgehead atoms. The Morgan fingerprint density at radius 2 is 2.22 bits per heavy atom. The number of H-pyrrole nitrogens is 1. The smallest absolute Gasteiger partial charge is 0.341 e. The van der Waals surface area contributed by atoms with E-state index in [0.29, 0.717) is 18.1 Å². The summed E-state index contributed by atoms with van der Waals surface area (Å²) in [7, 11) is 0. The number of esters is 1. The number of carbonyl (C=O) groups excluding carboxylic acids is 1. The van der Waals surface area contributed by atoms with Crippen molar-refractivity contribution in [1.82, 2.24) is 9.97 Å². The van der Waals surface area contributed by atoms with Crippen molar-refractivity contribution in [2.24, 2.45) is 5.92 Å². The zero-order valence-electron chi connectivity index (χ0n) is 13.3. The molecule has 0 unspecified atom stereocenters. The molecule has 2 heterocycles. The summed E-state index contributed by atoms with van der Waals surface area (Å²) >= 11 is 0. The van der Waals surface area contributed by atoms with E-state index in [0.717, 1.165) is 48.9 Å². The van der Waals surface area contributed by atoms with Crippen LogP contribution in [0.15, 0.2) is 18.5 Å². The second kappa shape index (κ2) is 7.00. The summed E-state index contributed by atoms with van der Waals surface area (Å²) in [6, 6.07) is 1.91. The molecule has 0 saturated heterocycles. The van der Waals surface area contributed by atoms with Gasteiger partial charge in [-0.2, -0.15) is 0 Å². The molecule has 0 spiro atoms. The number of aliphatic hydroxyl groups is 1. The number of nitrogens with zero attached hydrogens (tertiary/aromatic N) is 1. The Labute approximate surface area is 135 Å². The molecule has 0 amide bonds. The number of pyridine rings is 1. The van der Waals surface area contributed by atoms with Gasteiger partial charge in [0.1, 0.15) is 11.2 Å². The topological polar surface area (TPSA) is 87.2 Å². The maximum Gasteiger partial charge on any atom is 0.341 e. The summed E-state index contributed by atoms with van der Waals surface area (Å²) < 4.78 is 5.14. The van der Waals surface area contributed by atoms with Crippen molar-refractivity contribution in [3.63, 3.8) is 0 Å². The summed E-state index contributed by atoms with van der Waals surface area (Å²) in [5.74, 6) is 0.153. The molecule has 0 aromatic carbocycles. The van der Waals surface area contributed by atoms with Crippen LogP contribution in [-0.2, 0) is 4.74 Å². The van der Waals surface area contributed by atoms with Crippen LogP contribution < -0.4 is 5.32 Å². The van der Waals surface area contributed by atoms with Crippen LogP contribution in [-0.4, -0.2) is 40.3 Å². The van der Waals surface area contributed by atoms with Gasteiger partial charge >= 0.3 is 5.97 Å². The molecule has 0 atom stereocenters. The van der Waals surface area contributed by atoms with Crippen LogP contribution in [0.4, 0.5) is 5.69 Å². The van der Waals surface area contributed by atoms with E-state index in [2.05, 4.69) is 15.3 Å². The fraction of sp³-hybridized carbons (Fsp3) is 0.529. The first kappa shape index (κ1) is 15.8. The second-order valence-electron chi connectivity index (χ2n) is 6.06. The van der Waals surface area contributed by atoms with Crippen LogP contribution >= 0.6 is 0 Å². The largest absolute Gasteiger partial charge is 0.462 e. The van der Waals surface area contributed by atoms with Crippen LogP contribution in [0.5, 0.6) is 0 Å². The predicted molar refractivity (Wildman–Crippen MR) is 88.5 cm³/mol. The van der Waals surface area contributed by atoms with Crippen molar-refractivity contribution in [2.75, 3.05) is 18.5 Å². The highest BCUT2D eigenvalue weighted by Gasteiger charge is 2.21. The number of hydrogen-bond donors (Lipinski definition) is 3. The molecule has 1 fully saturated rings. The summed E-state index contributed by atoms with van der Waals surface area (Å²) in [5.41, 5.74) is 2.00. The minimum atomic E-state index is -0.357. The molecule has 1 saturated carbocycles. The minimum Gasteiger partial charge on any atom is -0.462 e. The first-order valence-corrected chi connectivity index (χ1v) is 8.24. The van der Waals surface area contributed by atoms with E-state index in [1.54, 1.807) is 13.1 Å². The Morgan fingerprint density at radius 3 is 2.96 bits per heavy atom. The maximum absolute atomic E-state index is 12.2. The fourth-order valence-corrected chi connectivity index (χ4v) is 3.16. The Morgan fingerprint density at radius 1 is 1.43 bits per heavy atom. The Bertz CT molecular complexity index is 675. The lowest BCUT2D eigenvalue weighted by Gasteiger charge is -2.26. The van der Waals surface area contributed by atoms with E-state index in [-0.39, 0.29) is 12.1 Å². The molecular formula is C17H23N3O3. The van der Waals surface area contributed by atoms with Gasteiger partial charge in [-0.05, 0) is 44.6 Å². The van der Waals surface area contributed by atoms with Gasteiger partial charge in [-0.25, -0.2) is 9.78 Å². The van der Waals surface area contributed by atoms with Gasteiger partial charge in [-0.15, -0.1) is 0 Å². The van der Waals surface area contributed by atoms with Gasteiger partial charge in [0.15, 0.2) is 0 Å². The molecule has 23 heavy (non-hydrogen) atoms. The van der Waals surface area contributed by atoms with Gasteiger partial charge in [0.25, 0.3) is 0 Å². The maximum atomic E-state index is 12.2. The van der Waals surface area contributed by atoms with Crippen molar-refractivity contribution in [3.8, 4) is 0 Å². The van der Waals surface area contributed by atoms with Crippen LogP contribution in [0.3, 0.4) is 0 Å². The highest BCUT2D eigenvalue weighted by Crippen LogP contribution is 2.29. The third-order valence-corrected chi connectivity index (χ3v) is 4.47. The number of aliphatic hydroxyl groups excluding tert-OH is 1. The molecule has 2 aromatic heterocycles. The molecule has 6 nitrogen and oxygen atoms in total. The number of aromatic amines is 1. The van der Waals surface area contributed by atoms with Gasteiger partial charge < -0.3 is 20.1 Å². The zero-order chi connectivity index (χ0) is 16.2. The second-order valence-corrected chi connectivity index (χ2v) is 6.06. The van der Waals surface area contributed by atoms with Gasteiger partial charge in [-0.1, -0.05) is 0 Å². The molecular weight excluding hydrogens is 294 g/mol. The van der Waals surface area contributed by atoms with Crippen LogP contribution in [0.25, 0.3) is 11.0 Å². The minimum absolute atomic E-state index is 0.154. The molecule has 3 N–H and O–H groups in total. The monoisotopic (exact) mass is 317 g/mol.